The van der Waals surface area contributed by atoms with E-state index in [0.29, 0.717) is 27.5 Å². The molecule has 122 valence electrons. The topological polar surface area (TPSA) is 56.5 Å². The highest BCUT2D eigenvalue weighted by Crippen LogP contribution is 2.26. The smallest absolute Gasteiger partial charge is 0.336 e. The number of hydrogen-bond acceptors (Lipinski definition) is 4. The summed E-state index contributed by atoms with van der Waals surface area (Å²) in [5.74, 6) is 0.524. The highest BCUT2D eigenvalue weighted by atomic mass is 35.5. The fourth-order valence-corrected chi connectivity index (χ4v) is 2.60. The van der Waals surface area contributed by atoms with Crippen molar-refractivity contribution in [3.05, 3.63) is 74.6 Å². The maximum Gasteiger partial charge on any atom is 0.336 e. The van der Waals surface area contributed by atoms with Crippen LogP contribution < -0.4 is 10.4 Å². The van der Waals surface area contributed by atoms with Crippen molar-refractivity contribution in [3.63, 3.8) is 0 Å². The van der Waals surface area contributed by atoms with Crippen molar-refractivity contribution in [3.8, 4) is 5.75 Å². The van der Waals surface area contributed by atoms with Crippen molar-refractivity contribution < 1.29 is 13.9 Å². The number of ether oxygens (including phenoxy) is 1. The molecule has 3 aromatic rings. The maximum atomic E-state index is 11.8. The highest BCUT2D eigenvalue weighted by molar-refractivity contribution is 6.32. The van der Waals surface area contributed by atoms with Gasteiger partial charge in [-0.3, -0.25) is 4.79 Å². The van der Waals surface area contributed by atoms with Crippen molar-refractivity contribution in [2.45, 2.75) is 20.5 Å². The molecule has 0 aliphatic carbocycles. The monoisotopic (exact) mass is 342 g/mol. The summed E-state index contributed by atoms with van der Waals surface area (Å²) in [6, 6.07) is 11.8. The summed E-state index contributed by atoms with van der Waals surface area (Å²) in [6.45, 7) is 3.51. The molecule has 0 fully saturated rings. The molecule has 3 rings (SSSR count). The number of halogens is 1. The number of Topliss-reactive ketones (excluding diaryl/α,β-unsaturated/α-hetero) is 1. The third-order valence-corrected chi connectivity index (χ3v) is 4.15. The molecule has 0 bridgehead atoms. The Kier molecular flexibility index (Phi) is 4.40. The number of benzene rings is 2. The SMILES string of the molecule is CC(=O)c1cccc(OCc2cc(=O)oc3cc(C)c(Cl)cc23)c1. The fourth-order valence-electron chi connectivity index (χ4n) is 2.43. The molecule has 24 heavy (non-hydrogen) atoms. The van der Waals surface area contributed by atoms with E-state index in [1.807, 2.05) is 6.92 Å². The largest absolute Gasteiger partial charge is 0.489 e. The molecule has 0 radical (unpaired) electrons. The lowest BCUT2D eigenvalue weighted by molar-refractivity contribution is 0.101. The van der Waals surface area contributed by atoms with Crippen LogP contribution >= 0.6 is 11.6 Å². The van der Waals surface area contributed by atoms with Crippen LogP contribution in [0.15, 0.2) is 51.7 Å². The van der Waals surface area contributed by atoms with Gasteiger partial charge in [-0.1, -0.05) is 23.7 Å². The van der Waals surface area contributed by atoms with E-state index in [2.05, 4.69) is 0 Å². The minimum atomic E-state index is -0.444. The van der Waals surface area contributed by atoms with Crippen molar-refractivity contribution in [1.29, 1.82) is 0 Å². The van der Waals surface area contributed by atoms with Gasteiger partial charge < -0.3 is 9.15 Å². The second-order valence-electron chi connectivity index (χ2n) is 5.56. The van der Waals surface area contributed by atoms with Gasteiger partial charge in [0.05, 0.1) is 0 Å². The minimum Gasteiger partial charge on any atom is -0.489 e. The van der Waals surface area contributed by atoms with Gasteiger partial charge in [0.25, 0.3) is 0 Å². The van der Waals surface area contributed by atoms with Crippen LogP contribution in [0.4, 0.5) is 0 Å². The van der Waals surface area contributed by atoms with Crippen LogP contribution in [-0.4, -0.2) is 5.78 Å². The number of hydrogen-bond donors (Lipinski definition) is 0. The Bertz CT molecular complexity index is 988. The summed E-state index contributed by atoms with van der Waals surface area (Å²) < 4.78 is 11.0. The normalized spacial score (nSPS) is 10.8. The van der Waals surface area contributed by atoms with E-state index in [1.165, 1.54) is 13.0 Å². The summed E-state index contributed by atoms with van der Waals surface area (Å²) in [5, 5.41) is 1.32. The number of carbonyl (C=O) groups excluding carboxylic acids is 1. The van der Waals surface area contributed by atoms with Crippen molar-refractivity contribution in [2.75, 3.05) is 0 Å². The van der Waals surface area contributed by atoms with E-state index >= 15 is 0 Å². The Hall–Kier alpha value is -2.59. The molecule has 2 aromatic carbocycles. The van der Waals surface area contributed by atoms with Gasteiger partial charge in [-0.25, -0.2) is 4.79 Å². The van der Waals surface area contributed by atoms with Gasteiger partial charge in [0, 0.05) is 27.6 Å². The van der Waals surface area contributed by atoms with E-state index < -0.39 is 5.63 Å². The summed E-state index contributed by atoms with van der Waals surface area (Å²) >= 11 is 6.17. The first-order valence-corrected chi connectivity index (χ1v) is 7.78. The Morgan fingerprint density at radius 1 is 1.21 bits per heavy atom. The predicted octanol–water partition coefficient (Wildman–Crippen LogP) is 4.54. The lowest BCUT2D eigenvalue weighted by Gasteiger charge is -2.10. The zero-order valence-electron chi connectivity index (χ0n) is 13.3. The van der Waals surface area contributed by atoms with E-state index in [4.69, 9.17) is 20.8 Å². The second-order valence-corrected chi connectivity index (χ2v) is 5.97. The van der Waals surface area contributed by atoms with Gasteiger partial charge in [-0.05, 0) is 43.7 Å². The summed E-state index contributed by atoms with van der Waals surface area (Å²) in [5.41, 5.74) is 2.11. The zero-order valence-corrected chi connectivity index (χ0v) is 14.0. The zero-order chi connectivity index (χ0) is 17.3. The van der Waals surface area contributed by atoms with Crippen LogP contribution in [0.1, 0.15) is 28.4 Å². The van der Waals surface area contributed by atoms with Gasteiger partial charge in [-0.2, -0.15) is 0 Å². The Morgan fingerprint density at radius 2 is 2.00 bits per heavy atom. The number of fused-ring (bicyclic) bond motifs is 1. The summed E-state index contributed by atoms with van der Waals surface area (Å²) in [4.78, 5) is 23.2. The van der Waals surface area contributed by atoms with Crippen LogP contribution in [0.5, 0.6) is 5.75 Å². The molecular formula is C19H15ClO4. The number of carbonyl (C=O) groups is 1. The average molecular weight is 343 g/mol. The molecule has 0 N–H and O–H groups in total. The van der Waals surface area contributed by atoms with Gasteiger partial charge >= 0.3 is 5.63 Å². The Morgan fingerprint density at radius 3 is 2.75 bits per heavy atom. The molecule has 0 spiro atoms. The van der Waals surface area contributed by atoms with E-state index in [1.54, 1.807) is 36.4 Å². The molecule has 1 heterocycles. The van der Waals surface area contributed by atoms with Crippen molar-refractivity contribution in [1.82, 2.24) is 0 Å². The van der Waals surface area contributed by atoms with Crippen LogP contribution in [0.3, 0.4) is 0 Å². The standard InChI is InChI=1S/C19H15ClO4/c1-11-6-18-16(9-17(11)20)14(8-19(22)24-18)10-23-15-5-3-4-13(7-15)12(2)21/h3-9H,10H2,1-2H3. The Labute approximate surface area is 143 Å². The first-order chi connectivity index (χ1) is 11.4. The third kappa shape index (κ3) is 3.34. The molecule has 1 aromatic heterocycles. The minimum absolute atomic E-state index is 0.0338. The van der Waals surface area contributed by atoms with Crippen LogP contribution in [-0.2, 0) is 6.61 Å². The fraction of sp³-hybridized carbons (Fsp3) is 0.158. The van der Waals surface area contributed by atoms with E-state index in [-0.39, 0.29) is 12.4 Å². The first-order valence-electron chi connectivity index (χ1n) is 7.41. The highest BCUT2D eigenvalue weighted by Gasteiger charge is 2.10. The van der Waals surface area contributed by atoms with Gasteiger partial charge in [0.15, 0.2) is 5.78 Å². The Balaban J connectivity index is 1.95. The summed E-state index contributed by atoms with van der Waals surface area (Å²) in [7, 11) is 0. The molecule has 0 unspecified atom stereocenters. The first kappa shape index (κ1) is 16.3. The van der Waals surface area contributed by atoms with E-state index in [0.717, 1.165) is 10.9 Å². The van der Waals surface area contributed by atoms with Crippen molar-refractivity contribution in [2.24, 2.45) is 0 Å². The van der Waals surface area contributed by atoms with Crippen LogP contribution in [0, 0.1) is 6.92 Å². The quantitative estimate of drug-likeness (QED) is 0.516. The molecule has 0 atom stereocenters. The number of rotatable bonds is 4. The predicted molar refractivity (Wildman–Crippen MR) is 93.0 cm³/mol. The molecule has 0 saturated heterocycles. The maximum absolute atomic E-state index is 11.8. The second kappa shape index (κ2) is 6.49. The lowest BCUT2D eigenvalue weighted by atomic mass is 10.1. The van der Waals surface area contributed by atoms with Crippen LogP contribution in [0.25, 0.3) is 11.0 Å². The lowest BCUT2D eigenvalue weighted by Crippen LogP contribution is -2.04. The van der Waals surface area contributed by atoms with Gasteiger partial charge in [0.1, 0.15) is 17.9 Å². The molecule has 0 aliphatic rings. The molecule has 4 nitrogen and oxygen atoms in total. The molecule has 0 saturated carbocycles. The van der Waals surface area contributed by atoms with Gasteiger partial charge in [-0.15, -0.1) is 0 Å². The van der Waals surface area contributed by atoms with Crippen LogP contribution in [0.2, 0.25) is 5.02 Å². The summed E-state index contributed by atoms with van der Waals surface area (Å²) in [6.07, 6.45) is 0. The number of ketones is 1. The van der Waals surface area contributed by atoms with Gasteiger partial charge in [0.2, 0.25) is 0 Å². The molecule has 5 heteroatoms. The van der Waals surface area contributed by atoms with E-state index in [9.17, 15) is 9.59 Å². The molecule has 0 amide bonds. The molecule has 0 aliphatic heterocycles. The number of aryl methyl sites for hydroxylation is 1. The van der Waals surface area contributed by atoms with Crippen molar-refractivity contribution >= 4 is 28.4 Å². The molecular weight excluding hydrogens is 328 g/mol. The average Bonchev–Trinajstić information content (AvgIpc) is 2.54. The third-order valence-electron chi connectivity index (χ3n) is 3.74.